The van der Waals surface area contributed by atoms with E-state index in [2.05, 4.69) is 5.32 Å². The van der Waals surface area contributed by atoms with Crippen molar-refractivity contribution in [1.29, 1.82) is 0 Å². The number of nitrogens with one attached hydrogen (secondary N) is 1. The molecular formula is C16H23NO5. The number of carbonyl (C=O) groups excluding carboxylic acids is 2. The van der Waals surface area contributed by atoms with Gasteiger partial charge in [-0.05, 0) is 39.3 Å². The summed E-state index contributed by atoms with van der Waals surface area (Å²) in [7, 11) is 1.50. The first-order valence-electron chi connectivity index (χ1n) is 6.96. The number of aryl methyl sites for hydroxylation is 1. The second-order valence-electron chi connectivity index (χ2n) is 5.78. The Balaban J connectivity index is 2.73. The fourth-order valence-electron chi connectivity index (χ4n) is 1.74. The summed E-state index contributed by atoms with van der Waals surface area (Å²) in [4.78, 5) is 23.8. The van der Waals surface area contributed by atoms with E-state index in [1.54, 1.807) is 32.9 Å². The zero-order valence-electron chi connectivity index (χ0n) is 13.7. The molecule has 6 nitrogen and oxygen atoms in total. The van der Waals surface area contributed by atoms with Gasteiger partial charge in [0, 0.05) is 7.11 Å². The molecule has 1 aromatic carbocycles. The lowest BCUT2D eigenvalue weighted by Gasteiger charge is -2.19. The summed E-state index contributed by atoms with van der Waals surface area (Å²) in [6, 6.07) is 5.25. The third kappa shape index (κ3) is 5.73. The van der Waals surface area contributed by atoms with Crippen molar-refractivity contribution in [2.45, 2.75) is 33.3 Å². The topological polar surface area (TPSA) is 73.9 Å². The molecule has 0 aliphatic carbocycles. The van der Waals surface area contributed by atoms with E-state index in [0.29, 0.717) is 11.3 Å². The lowest BCUT2D eigenvalue weighted by atomic mass is 10.1. The van der Waals surface area contributed by atoms with Crippen LogP contribution in [0.5, 0.6) is 5.75 Å². The van der Waals surface area contributed by atoms with Crippen LogP contribution in [0.25, 0.3) is 0 Å². The highest BCUT2D eigenvalue weighted by molar-refractivity contribution is 6.01. The van der Waals surface area contributed by atoms with Gasteiger partial charge in [-0.1, -0.05) is 12.1 Å². The Kier molecular flexibility index (Phi) is 6.37. The number of amides is 1. The van der Waals surface area contributed by atoms with Crippen molar-refractivity contribution >= 4 is 11.9 Å². The van der Waals surface area contributed by atoms with Gasteiger partial charge in [-0.25, -0.2) is 4.79 Å². The average molecular weight is 309 g/mol. The number of hydrogen-bond acceptors (Lipinski definition) is 5. The van der Waals surface area contributed by atoms with Crippen molar-refractivity contribution < 1.29 is 23.8 Å². The number of carbonyl (C=O) groups is 2. The predicted molar refractivity (Wildman–Crippen MR) is 82.3 cm³/mol. The minimum absolute atomic E-state index is 0.0463. The van der Waals surface area contributed by atoms with Crippen LogP contribution < -0.4 is 10.1 Å². The number of hydrogen-bond donors (Lipinski definition) is 1. The van der Waals surface area contributed by atoms with Crippen molar-refractivity contribution in [2.24, 2.45) is 0 Å². The molecule has 0 bridgehead atoms. The number of Topliss-reactive ketones (excluding diaryl/α,β-unsaturated/α-hetero) is 1. The van der Waals surface area contributed by atoms with E-state index in [0.717, 1.165) is 5.56 Å². The predicted octanol–water partition coefficient (Wildman–Crippen LogP) is 2.69. The van der Waals surface area contributed by atoms with Crippen LogP contribution in [0.3, 0.4) is 0 Å². The number of ketones is 1. The third-order valence-corrected chi connectivity index (χ3v) is 2.63. The zero-order chi connectivity index (χ0) is 16.8. The van der Waals surface area contributed by atoms with Crippen LogP contribution in [0.1, 0.15) is 36.7 Å². The first-order chi connectivity index (χ1) is 10.2. The Morgan fingerprint density at radius 1 is 1.23 bits per heavy atom. The molecule has 0 spiro atoms. The summed E-state index contributed by atoms with van der Waals surface area (Å²) < 4.78 is 15.4. The third-order valence-electron chi connectivity index (χ3n) is 2.63. The maximum Gasteiger partial charge on any atom is 0.408 e. The molecule has 1 N–H and O–H groups in total. The molecule has 1 aromatic rings. The zero-order valence-corrected chi connectivity index (χ0v) is 13.7. The molecule has 0 fully saturated rings. The Morgan fingerprint density at radius 3 is 2.50 bits per heavy atom. The highest BCUT2D eigenvalue weighted by atomic mass is 16.7. The summed E-state index contributed by atoms with van der Waals surface area (Å²) in [5.74, 6) is 0.195. The second kappa shape index (κ2) is 7.79. The molecule has 6 heteroatoms. The van der Waals surface area contributed by atoms with E-state index in [4.69, 9.17) is 14.2 Å². The minimum atomic E-state index is -0.632. The van der Waals surface area contributed by atoms with E-state index < -0.39 is 11.7 Å². The Morgan fingerprint density at radius 2 is 1.91 bits per heavy atom. The molecule has 0 aliphatic rings. The molecule has 0 radical (unpaired) electrons. The quantitative estimate of drug-likeness (QED) is 0.646. The van der Waals surface area contributed by atoms with Crippen molar-refractivity contribution in [3.8, 4) is 5.75 Å². The fraction of sp³-hybridized carbons (Fsp3) is 0.500. The standard InChI is InChI=1S/C16H23NO5/c1-11-7-6-8-12(14(11)21-10-20-5)13(18)9-17-15(19)22-16(2,3)4/h6-8H,9-10H2,1-5H3,(H,17,19). The number of para-hydroxylation sites is 1. The van der Waals surface area contributed by atoms with Crippen LogP contribution in [0.4, 0.5) is 4.79 Å². The molecule has 22 heavy (non-hydrogen) atoms. The summed E-state index contributed by atoms with van der Waals surface area (Å²) >= 11 is 0. The number of rotatable bonds is 6. The molecule has 122 valence electrons. The molecular weight excluding hydrogens is 286 g/mol. The summed E-state index contributed by atoms with van der Waals surface area (Å²) in [6.07, 6.45) is -0.632. The van der Waals surface area contributed by atoms with Gasteiger partial charge in [-0.15, -0.1) is 0 Å². The van der Waals surface area contributed by atoms with Crippen LogP contribution in [0.15, 0.2) is 18.2 Å². The van der Waals surface area contributed by atoms with Crippen molar-refractivity contribution in [3.05, 3.63) is 29.3 Å². The van der Waals surface area contributed by atoms with E-state index in [1.807, 2.05) is 13.0 Å². The van der Waals surface area contributed by atoms with E-state index in [9.17, 15) is 9.59 Å². The van der Waals surface area contributed by atoms with Gasteiger partial charge in [-0.3, -0.25) is 4.79 Å². The van der Waals surface area contributed by atoms with Crippen molar-refractivity contribution in [2.75, 3.05) is 20.4 Å². The number of methoxy groups -OCH3 is 1. The molecule has 0 unspecified atom stereocenters. The van der Waals surface area contributed by atoms with Gasteiger partial charge in [0.05, 0.1) is 12.1 Å². The Labute approximate surface area is 130 Å². The molecule has 0 aromatic heterocycles. The average Bonchev–Trinajstić information content (AvgIpc) is 2.41. The lowest BCUT2D eigenvalue weighted by molar-refractivity contribution is 0.0487. The monoisotopic (exact) mass is 309 g/mol. The van der Waals surface area contributed by atoms with Gasteiger partial charge in [-0.2, -0.15) is 0 Å². The smallest absolute Gasteiger partial charge is 0.408 e. The molecule has 0 atom stereocenters. The largest absolute Gasteiger partial charge is 0.467 e. The van der Waals surface area contributed by atoms with Gasteiger partial charge >= 0.3 is 6.09 Å². The van der Waals surface area contributed by atoms with Crippen molar-refractivity contribution in [3.63, 3.8) is 0 Å². The maximum absolute atomic E-state index is 12.3. The molecule has 1 rings (SSSR count). The van der Waals surface area contributed by atoms with Gasteiger partial charge in [0.2, 0.25) is 0 Å². The van der Waals surface area contributed by atoms with Crippen LogP contribution in [-0.2, 0) is 9.47 Å². The van der Waals surface area contributed by atoms with Crippen LogP contribution in [-0.4, -0.2) is 37.9 Å². The first-order valence-corrected chi connectivity index (χ1v) is 6.96. The maximum atomic E-state index is 12.3. The summed E-state index contributed by atoms with van der Waals surface area (Å²) in [6.45, 7) is 6.98. The number of alkyl carbamates (subject to hydrolysis) is 1. The highest BCUT2D eigenvalue weighted by Crippen LogP contribution is 2.23. The van der Waals surface area contributed by atoms with Crippen LogP contribution in [0.2, 0.25) is 0 Å². The van der Waals surface area contributed by atoms with E-state index in [1.165, 1.54) is 7.11 Å². The van der Waals surface area contributed by atoms with Crippen LogP contribution >= 0.6 is 0 Å². The van der Waals surface area contributed by atoms with Gasteiger partial charge in [0.15, 0.2) is 12.6 Å². The van der Waals surface area contributed by atoms with E-state index >= 15 is 0 Å². The molecule has 1 amide bonds. The van der Waals surface area contributed by atoms with Crippen molar-refractivity contribution in [1.82, 2.24) is 5.32 Å². The van der Waals surface area contributed by atoms with Gasteiger partial charge in [0.25, 0.3) is 0 Å². The minimum Gasteiger partial charge on any atom is -0.467 e. The molecule has 0 aliphatic heterocycles. The lowest BCUT2D eigenvalue weighted by Crippen LogP contribution is -2.35. The number of ether oxygens (including phenoxy) is 3. The number of benzene rings is 1. The molecule has 0 heterocycles. The van der Waals surface area contributed by atoms with Gasteiger partial charge in [0.1, 0.15) is 11.4 Å². The SMILES string of the molecule is COCOc1c(C)cccc1C(=O)CNC(=O)OC(C)(C)C. The summed E-state index contributed by atoms with van der Waals surface area (Å²) in [5, 5.41) is 2.44. The van der Waals surface area contributed by atoms with Crippen LogP contribution in [0, 0.1) is 6.92 Å². The van der Waals surface area contributed by atoms with Gasteiger partial charge < -0.3 is 19.5 Å². The molecule has 0 saturated carbocycles. The summed E-state index contributed by atoms with van der Waals surface area (Å²) in [5.41, 5.74) is 0.608. The fourth-order valence-corrected chi connectivity index (χ4v) is 1.74. The van der Waals surface area contributed by atoms with E-state index in [-0.39, 0.29) is 19.1 Å². The Bertz CT molecular complexity index is 534. The molecule has 0 saturated heterocycles. The highest BCUT2D eigenvalue weighted by Gasteiger charge is 2.19. The second-order valence-corrected chi connectivity index (χ2v) is 5.78. The normalized spacial score (nSPS) is 11.0. The Hall–Kier alpha value is -2.08. The first kappa shape index (κ1) is 18.0.